The van der Waals surface area contributed by atoms with Crippen molar-refractivity contribution in [1.82, 2.24) is 9.97 Å². The van der Waals surface area contributed by atoms with Crippen LogP contribution in [0.25, 0.3) is 0 Å². The minimum absolute atomic E-state index is 0.137. The van der Waals surface area contributed by atoms with E-state index in [0.717, 1.165) is 36.6 Å². The SMILES string of the molecule is CCC1(C(=O)OCOc2ncc(Br)cn2)CCCCC1. The summed E-state index contributed by atoms with van der Waals surface area (Å²) in [6, 6.07) is 0.204. The predicted molar refractivity (Wildman–Crippen MR) is 77.1 cm³/mol. The molecule has 1 aromatic heterocycles. The van der Waals surface area contributed by atoms with Crippen LogP contribution in [0.5, 0.6) is 6.01 Å². The second-order valence-corrected chi connectivity index (χ2v) is 5.99. The quantitative estimate of drug-likeness (QED) is 0.605. The highest BCUT2D eigenvalue weighted by molar-refractivity contribution is 9.10. The van der Waals surface area contributed by atoms with Crippen molar-refractivity contribution >= 4 is 21.9 Å². The summed E-state index contributed by atoms with van der Waals surface area (Å²) in [4.78, 5) is 20.2. The lowest BCUT2D eigenvalue weighted by atomic mass is 9.72. The van der Waals surface area contributed by atoms with Gasteiger partial charge in [-0.25, -0.2) is 9.97 Å². The van der Waals surface area contributed by atoms with Crippen LogP contribution in [0, 0.1) is 5.41 Å². The molecule has 0 aliphatic heterocycles. The third-order valence-electron chi connectivity index (χ3n) is 3.90. The van der Waals surface area contributed by atoms with Gasteiger partial charge in [0.05, 0.1) is 9.89 Å². The summed E-state index contributed by atoms with van der Waals surface area (Å²) in [5.74, 6) is -0.156. The van der Waals surface area contributed by atoms with E-state index in [9.17, 15) is 4.79 Å². The van der Waals surface area contributed by atoms with Crippen molar-refractivity contribution in [3.05, 3.63) is 16.9 Å². The lowest BCUT2D eigenvalue weighted by molar-refractivity contribution is -0.165. The Bertz CT molecular complexity index is 444. The molecule has 1 saturated carbocycles. The molecule has 0 aromatic carbocycles. The highest BCUT2D eigenvalue weighted by atomic mass is 79.9. The molecule has 0 N–H and O–H groups in total. The van der Waals surface area contributed by atoms with Crippen LogP contribution in [0.4, 0.5) is 0 Å². The van der Waals surface area contributed by atoms with Gasteiger partial charge in [-0.2, -0.15) is 0 Å². The largest absolute Gasteiger partial charge is 0.427 e. The Morgan fingerprint density at radius 2 is 1.95 bits per heavy atom. The van der Waals surface area contributed by atoms with Crippen molar-refractivity contribution in [2.75, 3.05) is 6.79 Å². The van der Waals surface area contributed by atoms with Gasteiger partial charge in [0.25, 0.3) is 0 Å². The molecule has 20 heavy (non-hydrogen) atoms. The fourth-order valence-corrected chi connectivity index (χ4v) is 2.80. The van der Waals surface area contributed by atoms with Gasteiger partial charge in [-0.3, -0.25) is 4.79 Å². The highest BCUT2D eigenvalue weighted by Gasteiger charge is 2.39. The van der Waals surface area contributed by atoms with Crippen molar-refractivity contribution in [2.24, 2.45) is 5.41 Å². The number of halogens is 1. The number of carbonyl (C=O) groups excluding carboxylic acids is 1. The van der Waals surface area contributed by atoms with Gasteiger partial charge < -0.3 is 9.47 Å². The van der Waals surface area contributed by atoms with E-state index < -0.39 is 0 Å². The molecule has 1 heterocycles. The molecule has 0 unspecified atom stereocenters. The zero-order valence-electron chi connectivity index (χ0n) is 11.6. The van der Waals surface area contributed by atoms with Gasteiger partial charge in [-0.15, -0.1) is 0 Å². The highest BCUT2D eigenvalue weighted by Crippen LogP contribution is 2.40. The first-order valence-corrected chi connectivity index (χ1v) is 7.73. The van der Waals surface area contributed by atoms with Gasteiger partial charge >= 0.3 is 12.0 Å². The van der Waals surface area contributed by atoms with E-state index in [1.54, 1.807) is 12.4 Å². The molecule has 0 bridgehead atoms. The summed E-state index contributed by atoms with van der Waals surface area (Å²) >= 11 is 3.24. The lowest BCUT2D eigenvalue weighted by Gasteiger charge is -2.33. The molecule has 1 aromatic rings. The molecule has 110 valence electrons. The molecule has 0 saturated heterocycles. The monoisotopic (exact) mass is 342 g/mol. The van der Waals surface area contributed by atoms with E-state index in [2.05, 4.69) is 25.9 Å². The molecule has 1 aliphatic rings. The molecule has 1 aliphatic carbocycles. The molecule has 0 spiro atoms. The van der Waals surface area contributed by atoms with E-state index >= 15 is 0 Å². The fourth-order valence-electron chi connectivity index (χ4n) is 2.59. The average Bonchev–Trinajstić information content (AvgIpc) is 2.50. The Labute approximate surface area is 127 Å². The molecule has 0 radical (unpaired) electrons. The maximum absolute atomic E-state index is 12.2. The summed E-state index contributed by atoms with van der Waals surface area (Å²) in [6.45, 7) is 1.91. The maximum atomic E-state index is 12.2. The summed E-state index contributed by atoms with van der Waals surface area (Å²) in [5.41, 5.74) is -0.317. The molecule has 0 amide bonds. The normalized spacial score (nSPS) is 17.5. The van der Waals surface area contributed by atoms with Gasteiger partial charge in [0.2, 0.25) is 6.79 Å². The maximum Gasteiger partial charge on any atom is 0.319 e. The molecule has 6 heteroatoms. The van der Waals surface area contributed by atoms with Crippen LogP contribution in [-0.2, 0) is 9.53 Å². The first-order valence-electron chi connectivity index (χ1n) is 6.94. The number of nitrogens with zero attached hydrogens (tertiary/aromatic N) is 2. The fraction of sp³-hybridized carbons (Fsp3) is 0.643. The van der Waals surface area contributed by atoms with E-state index in [-0.39, 0.29) is 24.2 Å². The Morgan fingerprint density at radius 3 is 2.55 bits per heavy atom. The molecule has 0 atom stereocenters. The van der Waals surface area contributed by atoms with Crippen LogP contribution in [0.1, 0.15) is 45.4 Å². The third kappa shape index (κ3) is 3.69. The summed E-state index contributed by atoms with van der Waals surface area (Å²) in [5, 5.41) is 0. The first kappa shape index (κ1) is 15.2. The van der Waals surface area contributed by atoms with Crippen LogP contribution < -0.4 is 4.74 Å². The molecule has 5 nitrogen and oxygen atoms in total. The van der Waals surface area contributed by atoms with E-state index in [1.165, 1.54) is 6.42 Å². The molecule has 1 fully saturated rings. The van der Waals surface area contributed by atoms with Crippen molar-refractivity contribution in [3.63, 3.8) is 0 Å². The predicted octanol–water partition coefficient (Wildman–Crippen LogP) is 3.48. The lowest BCUT2D eigenvalue weighted by Crippen LogP contribution is -2.35. The number of esters is 1. The van der Waals surface area contributed by atoms with Crippen molar-refractivity contribution < 1.29 is 14.3 Å². The Balaban J connectivity index is 1.83. The van der Waals surface area contributed by atoms with Crippen LogP contribution in [-0.4, -0.2) is 22.7 Å². The van der Waals surface area contributed by atoms with Crippen molar-refractivity contribution in [1.29, 1.82) is 0 Å². The Morgan fingerprint density at radius 1 is 1.30 bits per heavy atom. The topological polar surface area (TPSA) is 61.3 Å². The minimum Gasteiger partial charge on any atom is -0.427 e. The van der Waals surface area contributed by atoms with Crippen LogP contribution >= 0.6 is 15.9 Å². The number of aromatic nitrogens is 2. The molecular formula is C14H19BrN2O3. The Kier molecular flexibility index (Phi) is 5.34. The smallest absolute Gasteiger partial charge is 0.319 e. The number of hydrogen-bond acceptors (Lipinski definition) is 5. The minimum atomic E-state index is -0.317. The zero-order chi connectivity index (χ0) is 14.4. The number of hydrogen-bond donors (Lipinski definition) is 0. The van der Waals surface area contributed by atoms with Gasteiger partial charge in [-0.05, 0) is 35.2 Å². The number of ether oxygens (including phenoxy) is 2. The summed E-state index contributed by atoms with van der Waals surface area (Å²) < 4.78 is 11.3. The summed E-state index contributed by atoms with van der Waals surface area (Å²) in [7, 11) is 0. The third-order valence-corrected chi connectivity index (χ3v) is 4.30. The first-order chi connectivity index (χ1) is 9.66. The second-order valence-electron chi connectivity index (χ2n) is 5.07. The standard InChI is InChI=1S/C14H19BrN2O3/c1-2-14(6-4-3-5-7-14)12(18)19-10-20-13-16-8-11(15)9-17-13/h8-9H,2-7,10H2,1H3. The van der Waals surface area contributed by atoms with Crippen LogP contribution in [0.3, 0.4) is 0 Å². The number of carbonyl (C=O) groups is 1. The van der Waals surface area contributed by atoms with E-state index in [4.69, 9.17) is 9.47 Å². The van der Waals surface area contributed by atoms with Crippen molar-refractivity contribution in [3.8, 4) is 6.01 Å². The molecular weight excluding hydrogens is 324 g/mol. The van der Waals surface area contributed by atoms with Gasteiger partial charge in [0.1, 0.15) is 0 Å². The van der Waals surface area contributed by atoms with Crippen LogP contribution in [0.15, 0.2) is 16.9 Å². The van der Waals surface area contributed by atoms with Crippen LogP contribution in [0.2, 0.25) is 0 Å². The van der Waals surface area contributed by atoms with Gasteiger partial charge in [-0.1, -0.05) is 26.2 Å². The summed E-state index contributed by atoms with van der Waals surface area (Å²) in [6.07, 6.45) is 9.21. The number of rotatable bonds is 5. The van der Waals surface area contributed by atoms with Gasteiger partial charge in [0.15, 0.2) is 0 Å². The molecule has 2 rings (SSSR count). The second kappa shape index (κ2) is 7.02. The van der Waals surface area contributed by atoms with Gasteiger partial charge in [0, 0.05) is 12.4 Å². The zero-order valence-corrected chi connectivity index (χ0v) is 13.2. The average molecular weight is 343 g/mol. The van der Waals surface area contributed by atoms with E-state index in [0.29, 0.717) is 0 Å². The van der Waals surface area contributed by atoms with Crippen molar-refractivity contribution in [2.45, 2.75) is 45.4 Å². The Hall–Kier alpha value is -1.17. The van der Waals surface area contributed by atoms with E-state index in [1.807, 2.05) is 6.92 Å².